The second-order valence-corrected chi connectivity index (χ2v) is 8.46. The van der Waals surface area contributed by atoms with Crippen molar-refractivity contribution >= 4 is 17.1 Å². The van der Waals surface area contributed by atoms with Crippen molar-refractivity contribution in [3.05, 3.63) is 47.8 Å². The zero-order valence-corrected chi connectivity index (χ0v) is 18.9. The molecule has 0 atom stereocenters. The van der Waals surface area contributed by atoms with Gasteiger partial charge in [-0.1, -0.05) is 18.2 Å². The molecule has 0 saturated carbocycles. The first-order valence-corrected chi connectivity index (χ1v) is 11.0. The van der Waals surface area contributed by atoms with Gasteiger partial charge >= 0.3 is 6.09 Å². The van der Waals surface area contributed by atoms with Crippen LogP contribution in [-0.2, 0) is 0 Å². The molecule has 1 amide bonds. The number of rotatable bonds is 4. The van der Waals surface area contributed by atoms with Gasteiger partial charge in [0.15, 0.2) is 0 Å². The summed E-state index contributed by atoms with van der Waals surface area (Å²) in [5.74, 6) is 0.687. The fourth-order valence-electron chi connectivity index (χ4n) is 4.47. The van der Waals surface area contributed by atoms with Gasteiger partial charge in [0.25, 0.3) is 0 Å². The van der Waals surface area contributed by atoms with Crippen molar-refractivity contribution < 1.29 is 14.6 Å². The van der Waals surface area contributed by atoms with E-state index in [2.05, 4.69) is 41.3 Å². The molecule has 1 saturated heterocycles. The van der Waals surface area contributed by atoms with Gasteiger partial charge in [-0.05, 0) is 37.8 Å². The molecule has 0 spiro atoms. The van der Waals surface area contributed by atoms with E-state index in [1.807, 2.05) is 23.0 Å². The second-order valence-electron chi connectivity index (χ2n) is 8.46. The number of pyridine rings is 1. The monoisotopic (exact) mass is 446 g/mol. The molecule has 1 aliphatic rings. The molecule has 3 aromatic heterocycles. The molecular weight excluding hydrogens is 420 g/mol. The Balaban J connectivity index is 1.51. The number of nitrogens with zero attached hydrogens (tertiary/aromatic N) is 5. The standard InChI is InChI=1S/C24H26N6O3/c1-14-5-4-6-18(15(14)2)22-20(33-3)11-19-23(26-22)21(28-27-19)16-12-25-30(13-16)17-7-9-29(10-8-17)24(31)32/h4-6,11-13,17H,7-10H2,1-3H3,(H,27,28)(H,31,32). The summed E-state index contributed by atoms with van der Waals surface area (Å²) >= 11 is 0. The number of hydrogen-bond donors (Lipinski definition) is 2. The number of aromatic nitrogens is 5. The quantitative estimate of drug-likeness (QED) is 0.480. The number of benzene rings is 1. The number of methoxy groups -OCH3 is 1. The highest BCUT2D eigenvalue weighted by Crippen LogP contribution is 2.36. The van der Waals surface area contributed by atoms with Gasteiger partial charge in [-0.25, -0.2) is 9.78 Å². The lowest BCUT2D eigenvalue weighted by molar-refractivity contribution is 0.124. The molecule has 170 valence electrons. The third-order valence-electron chi connectivity index (χ3n) is 6.56. The molecular formula is C24H26N6O3. The van der Waals surface area contributed by atoms with E-state index in [0.717, 1.165) is 52.0 Å². The average molecular weight is 447 g/mol. The van der Waals surface area contributed by atoms with Gasteiger partial charge in [0.1, 0.15) is 22.7 Å². The minimum atomic E-state index is -0.862. The largest absolute Gasteiger partial charge is 0.494 e. The first kappa shape index (κ1) is 21.0. The summed E-state index contributed by atoms with van der Waals surface area (Å²) in [6.07, 6.45) is 4.38. The van der Waals surface area contributed by atoms with E-state index >= 15 is 0 Å². The number of piperidine rings is 1. The Labute approximate surface area is 191 Å². The fraction of sp³-hybridized carbons (Fsp3) is 0.333. The van der Waals surface area contributed by atoms with Crippen LogP contribution in [0.15, 0.2) is 36.7 Å². The van der Waals surface area contributed by atoms with Gasteiger partial charge in [0.05, 0.1) is 24.9 Å². The van der Waals surface area contributed by atoms with Crippen LogP contribution in [0.1, 0.15) is 30.0 Å². The van der Waals surface area contributed by atoms with Crippen molar-refractivity contribution in [3.8, 4) is 28.3 Å². The molecule has 1 fully saturated rings. The lowest BCUT2D eigenvalue weighted by Crippen LogP contribution is -2.38. The summed E-state index contributed by atoms with van der Waals surface area (Å²) in [5, 5.41) is 21.3. The topological polar surface area (TPSA) is 109 Å². The zero-order valence-electron chi connectivity index (χ0n) is 18.9. The Bertz CT molecular complexity index is 1330. The van der Waals surface area contributed by atoms with Crippen molar-refractivity contribution in [3.63, 3.8) is 0 Å². The molecule has 1 aliphatic heterocycles. The highest BCUT2D eigenvalue weighted by atomic mass is 16.5. The average Bonchev–Trinajstić information content (AvgIpc) is 3.47. The summed E-state index contributed by atoms with van der Waals surface area (Å²) in [6, 6.07) is 8.27. The number of ether oxygens (including phenoxy) is 1. The molecule has 9 heteroatoms. The van der Waals surface area contributed by atoms with Crippen LogP contribution in [0.4, 0.5) is 4.79 Å². The summed E-state index contributed by atoms with van der Waals surface area (Å²) in [5.41, 5.74) is 7.31. The third kappa shape index (κ3) is 3.69. The van der Waals surface area contributed by atoms with Crippen LogP contribution in [0.2, 0.25) is 0 Å². The van der Waals surface area contributed by atoms with Crippen molar-refractivity contribution in [2.45, 2.75) is 32.7 Å². The van der Waals surface area contributed by atoms with Gasteiger partial charge in [0.2, 0.25) is 0 Å². The Morgan fingerprint density at radius 3 is 2.73 bits per heavy atom. The zero-order chi connectivity index (χ0) is 23.1. The number of carbonyl (C=O) groups is 1. The predicted octanol–water partition coefficient (Wildman–Crippen LogP) is 4.43. The minimum Gasteiger partial charge on any atom is -0.494 e. The molecule has 0 radical (unpaired) electrons. The van der Waals surface area contributed by atoms with Gasteiger partial charge in [-0.2, -0.15) is 10.2 Å². The van der Waals surface area contributed by atoms with Crippen LogP contribution in [0, 0.1) is 13.8 Å². The molecule has 2 N–H and O–H groups in total. The Morgan fingerprint density at radius 1 is 1.21 bits per heavy atom. The van der Waals surface area contributed by atoms with Gasteiger partial charge in [-0.3, -0.25) is 9.78 Å². The number of likely N-dealkylation sites (tertiary alicyclic amines) is 1. The SMILES string of the molecule is COc1cc2[nH]nc(-c3cnn(C4CCN(C(=O)O)CC4)c3)c2nc1-c1cccc(C)c1C. The van der Waals surface area contributed by atoms with E-state index in [9.17, 15) is 9.90 Å². The van der Waals surface area contributed by atoms with Crippen LogP contribution < -0.4 is 4.74 Å². The maximum Gasteiger partial charge on any atom is 0.407 e. The van der Waals surface area contributed by atoms with E-state index < -0.39 is 6.09 Å². The van der Waals surface area contributed by atoms with Gasteiger partial charge in [0, 0.05) is 36.5 Å². The molecule has 9 nitrogen and oxygen atoms in total. The smallest absolute Gasteiger partial charge is 0.407 e. The van der Waals surface area contributed by atoms with E-state index in [-0.39, 0.29) is 6.04 Å². The van der Waals surface area contributed by atoms with E-state index in [4.69, 9.17) is 9.72 Å². The molecule has 1 aromatic carbocycles. The molecule has 0 unspecified atom stereocenters. The van der Waals surface area contributed by atoms with Crippen molar-refractivity contribution in [1.82, 2.24) is 29.9 Å². The molecule has 4 aromatic rings. The third-order valence-corrected chi connectivity index (χ3v) is 6.56. The highest BCUT2D eigenvalue weighted by molar-refractivity contribution is 5.92. The number of amides is 1. The first-order valence-electron chi connectivity index (χ1n) is 11.0. The lowest BCUT2D eigenvalue weighted by atomic mass is 9.99. The minimum absolute atomic E-state index is 0.165. The van der Waals surface area contributed by atoms with E-state index in [1.165, 1.54) is 10.5 Å². The molecule has 4 heterocycles. The van der Waals surface area contributed by atoms with Crippen LogP contribution >= 0.6 is 0 Å². The van der Waals surface area contributed by atoms with Crippen LogP contribution in [0.25, 0.3) is 33.5 Å². The summed E-state index contributed by atoms with van der Waals surface area (Å²) in [7, 11) is 1.65. The summed E-state index contributed by atoms with van der Waals surface area (Å²) < 4.78 is 7.57. The van der Waals surface area contributed by atoms with Crippen molar-refractivity contribution in [2.75, 3.05) is 20.2 Å². The lowest BCUT2D eigenvalue weighted by Gasteiger charge is -2.29. The number of aryl methyl sites for hydroxylation is 1. The maximum absolute atomic E-state index is 11.2. The van der Waals surface area contributed by atoms with Crippen LogP contribution in [-0.4, -0.2) is 61.3 Å². The van der Waals surface area contributed by atoms with E-state index in [1.54, 1.807) is 13.3 Å². The fourth-order valence-corrected chi connectivity index (χ4v) is 4.47. The number of H-pyrrole nitrogens is 1. The molecule has 5 rings (SSSR count). The van der Waals surface area contributed by atoms with Gasteiger partial charge in [-0.15, -0.1) is 0 Å². The van der Waals surface area contributed by atoms with E-state index in [0.29, 0.717) is 18.8 Å². The van der Waals surface area contributed by atoms with Crippen molar-refractivity contribution in [1.29, 1.82) is 0 Å². The maximum atomic E-state index is 11.2. The summed E-state index contributed by atoms with van der Waals surface area (Å²) in [6.45, 7) is 5.20. The Hall–Kier alpha value is -3.88. The number of aromatic amines is 1. The Kier molecular flexibility index (Phi) is 5.24. The first-order chi connectivity index (χ1) is 16.0. The normalized spacial score (nSPS) is 14.7. The Morgan fingerprint density at radius 2 is 2.00 bits per heavy atom. The molecule has 0 aliphatic carbocycles. The second kappa shape index (κ2) is 8.23. The number of fused-ring (bicyclic) bond motifs is 1. The van der Waals surface area contributed by atoms with Crippen molar-refractivity contribution in [2.24, 2.45) is 0 Å². The van der Waals surface area contributed by atoms with Crippen LogP contribution in [0.5, 0.6) is 5.75 Å². The van der Waals surface area contributed by atoms with Crippen LogP contribution in [0.3, 0.4) is 0 Å². The highest BCUT2D eigenvalue weighted by Gasteiger charge is 2.25. The van der Waals surface area contributed by atoms with Gasteiger partial charge < -0.3 is 14.7 Å². The molecule has 33 heavy (non-hydrogen) atoms. The number of carboxylic acid groups (broad SMARTS) is 1. The molecule has 0 bridgehead atoms. The predicted molar refractivity (Wildman–Crippen MR) is 124 cm³/mol. The summed E-state index contributed by atoms with van der Waals surface area (Å²) in [4.78, 5) is 17.6. The number of nitrogens with one attached hydrogen (secondary N) is 1. The number of hydrogen-bond acceptors (Lipinski definition) is 5.